The third-order valence-corrected chi connectivity index (χ3v) is 2.79. The van der Waals surface area contributed by atoms with Crippen molar-refractivity contribution < 1.29 is 24.2 Å². The zero-order valence-corrected chi connectivity index (χ0v) is 16.1. The van der Waals surface area contributed by atoms with E-state index in [0.717, 1.165) is 0 Å². The van der Waals surface area contributed by atoms with Gasteiger partial charge in [0, 0.05) is 0 Å². The van der Waals surface area contributed by atoms with Crippen molar-refractivity contribution in [3.05, 3.63) is 0 Å². The molecule has 0 spiro atoms. The standard InChI is InChI=1S/C6N12O3.2CH7N5/c7-3(8-16-15-7)1-5(13-20-11-1)19-6-2(12-21-14-6)4-9-17-18-10-4;2*2-1(5-3)6-4/h;2*3-4H2,(H3,2,5,6)/q-2;;/p+2. The molecule has 176 valence electrons. The largest absolute Gasteiger partial charge is 0.410 e. The zero-order chi connectivity index (χ0) is 24.1. The van der Waals surface area contributed by atoms with Gasteiger partial charge in [-0.1, -0.05) is 0 Å². The monoisotopic (exact) mass is 468 g/mol. The summed E-state index contributed by atoms with van der Waals surface area (Å²) in [6.07, 6.45) is 0. The Kier molecular flexibility index (Phi) is 8.63. The molecule has 0 bridgehead atoms. The number of nitrogens with one attached hydrogen (secondary N) is 4. The van der Waals surface area contributed by atoms with E-state index >= 15 is 0 Å². The number of nitrogens with two attached hydrogens (primary N) is 6. The van der Waals surface area contributed by atoms with Gasteiger partial charge in [0.2, 0.25) is 0 Å². The Bertz CT molecular complexity index is 1020. The van der Waals surface area contributed by atoms with E-state index in [2.05, 4.69) is 92.2 Å². The van der Waals surface area contributed by atoms with Crippen LogP contribution in [0, 0.1) is 0 Å². The molecule has 0 radical (unpaired) electrons. The van der Waals surface area contributed by atoms with Crippen molar-refractivity contribution in [1.29, 1.82) is 0 Å². The minimum absolute atomic E-state index is 0.0668. The molecule has 0 saturated heterocycles. The number of nitrogens with zero attached hydrogens (tertiary/aromatic N) is 12. The molecule has 0 saturated carbocycles. The number of tetrazole rings is 2. The molecular formula is C8H16N22O3. The van der Waals surface area contributed by atoms with Crippen LogP contribution in [0.5, 0.6) is 11.8 Å². The second kappa shape index (κ2) is 12.1. The molecule has 4 aromatic rings. The number of hydrogen-bond donors (Lipinski definition) is 10. The second-order valence-corrected chi connectivity index (χ2v) is 4.75. The van der Waals surface area contributed by atoms with Crippen molar-refractivity contribution in [3.63, 3.8) is 0 Å². The minimum Gasteiger partial charge on any atom is -0.410 e. The highest BCUT2D eigenvalue weighted by Crippen LogP contribution is 2.30. The van der Waals surface area contributed by atoms with E-state index in [4.69, 9.17) is 39.6 Å². The molecule has 4 heterocycles. The summed E-state index contributed by atoms with van der Waals surface area (Å²) in [5, 5.41) is 46.1. The Hall–Kier alpha value is -5.72. The van der Waals surface area contributed by atoms with E-state index in [0.29, 0.717) is 0 Å². The van der Waals surface area contributed by atoms with Gasteiger partial charge in [-0.15, -0.1) is 0 Å². The first-order valence-electron chi connectivity index (χ1n) is 7.86. The molecule has 25 heteroatoms. The molecule has 25 nitrogen and oxygen atoms in total. The van der Waals surface area contributed by atoms with Crippen molar-refractivity contribution in [2.24, 2.45) is 34.8 Å². The Morgan fingerprint density at radius 2 is 1.18 bits per heavy atom. The van der Waals surface area contributed by atoms with Gasteiger partial charge in [-0.05, 0) is 20.6 Å². The average Bonchev–Trinajstić information content (AvgIpc) is 3.65. The summed E-state index contributed by atoms with van der Waals surface area (Å²) in [7, 11) is 0. The molecule has 0 amide bonds. The Morgan fingerprint density at radius 1 is 0.758 bits per heavy atom. The van der Waals surface area contributed by atoms with Crippen LogP contribution in [0.2, 0.25) is 0 Å². The van der Waals surface area contributed by atoms with Crippen molar-refractivity contribution in [2.45, 2.75) is 0 Å². The van der Waals surface area contributed by atoms with Gasteiger partial charge in [-0.3, -0.25) is 43.8 Å². The lowest BCUT2D eigenvalue weighted by Crippen LogP contribution is -2.85. The predicted molar refractivity (Wildman–Crippen MR) is 96.3 cm³/mol. The highest BCUT2D eigenvalue weighted by Gasteiger charge is 2.20. The lowest BCUT2D eigenvalue weighted by Gasteiger charge is -2.00. The molecule has 33 heavy (non-hydrogen) atoms. The van der Waals surface area contributed by atoms with E-state index in [1.54, 1.807) is 0 Å². The summed E-state index contributed by atoms with van der Waals surface area (Å²) in [5.41, 5.74) is 14.1. The molecule has 0 fully saturated rings. The average molecular weight is 468 g/mol. The Labute approximate surface area is 179 Å². The first-order chi connectivity index (χ1) is 16.0. The summed E-state index contributed by atoms with van der Waals surface area (Å²) in [4.78, 5) is 0. The van der Waals surface area contributed by atoms with Gasteiger partial charge in [0.25, 0.3) is 11.8 Å². The van der Waals surface area contributed by atoms with Crippen LogP contribution in [0.3, 0.4) is 0 Å². The molecule has 0 aliphatic heterocycles. The summed E-state index contributed by atoms with van der Waals surface area (Å²) in [5.74, 6) is 19.2. The number of hydrazone groups is 2. The SMILES string of the molecule is NN/C(N)=[NH+]/N.NN/C(N)=[NH+]\N.n1n[n-]c(-c2nonc2Oc2nonc2-c2nnn[n-]2)n1. The fourth-order valence-electron chi connectivity index (χ4n) is 1.42. The Morgan fingerprint density at radius 3 is 1.45 bits per heavy atom. The minimum atomic E-state index is -0.0887. The maximum absolute atomic E-state index is 5.36. The molecule has 16 N–H and O–H groups in total. The van der Waals surface area contributed by atoms with E-state index in [9.17, 15) is 0 Å². The van der Waals surface area contributed by atoms with E-state index in [1.807, 2.05) is 0 Å². The van der Waals surface area contributed by atoms with E-state index in [1.165, 1.54) is 0 Å². The zero-order valence-electron chi connectivity index (χ0n) is 16.1. The molecule has 4 aromatic heterocycles. The van der Waals surface area contributed by atoms with Crippen molar-refractivity contribution in [2.75, 3.05) is 0 Å². The van der Waals surface area contributed by atoms with Gasteiger partial charge in [-0.25, -0.2) is 20.1 Å². The number of hydrogen-bond acceptors (Lipinski definition) is 17. The number of hydrazine groups is 4. The normalized spacial score (nSPS) is 11.0. The molecular weight excluding hydrogens is 452 g/mol. The smallest absolute Gasteiger partial charge is 0.379 e. The maximum atomic E-state index is 5.36. The molecule has 0 atom stereocenters. The van der Waals surface area contributed by atoms with Crippen LogP contribution in [0.25, 0.3) is 23.0 Å². The summed E-state index contributed by atoms with van der Waals surface area (Å²) < 4.78 is 14.5. The highest BCUT2D eigenvalue weighted by molar-refractivity contribution is 5.70. The summed E-state index contributed by atoms with van der Waals surface area (Å²) >= 11 is 0. The first-order valence-corrected chi connectivity index (χ1v) is 7.86. The van der Waals surface area contributed by atoms with Gasteiger partial charge in [-0.2, -0.15) is 32.3 Å². The lowest BCUT2D eigenvalue weighted by atomic mass is 10.4. The lowest BCUT2D eigenvalue weighted by molar-refractivity contribution is -0.473. The van der Waals surface area contributed by atoms with Crippen LogP contribution in [-0.4, -0.2) is 63.6 Å². The summed E-state index contributed by atoms with van der Waals surface area (Å²) in [6.45, 7) is 0. The van der Waals surface area contributed by atoms with Gasteiger partial charge in [0.1, 0.15) is 0 Å². The van der Waals surface area contributed by atoms with Crippen LogP contribution < -0.4 is 70.8 Å². The molecule has 0 aromatic carbocycles. The van der Waals surface area contributed by atoms with Gasteiger partial charge >= 0.3 is 11.9 Å². The first kappa shape index (κ1) is 23.6. The van der Waals surface area contributed by atoms with Crippen LogP contribution in [0.4, 0.5) is 0 Å². The third-order valence-electron chi connectivity index (χ3n) is 2.79. The number of rotatable bonds is 4. The van der Waals surface area contributed by atoms with Crippen LogP contribution in [0.15, 0.2) is 9.26 Å². The summed E-state index contributed by atoms with van der Waals surface area (Å²) in [6, 6.07) is 0. The van der Waals surface area contributed by atoms with Crippen LogP contribution >= 0.6 is 0 Å². The van der Waals surface area contributed by atoms with E-state index in [-0.39, 0.29) is 46.7 Å². The van der Waals surface area contributed by atoms with Crippen LogP contribution in [-0.2, 0) is 0 Å². The molecule has 0 unspecified atom stereocenters. The number of aromatic nitrogens is 12. The van der Waals surface area contributed by atoms with E-state index < -0.39 is 0 Å². The van der Waals surface area contributed by atoms with Gasteiger partial charge in [0.15, 0.2) is 11.4 Å². The molecule has 0 aliphatic carbocycles. The molecule has 4 rings (SSSR count). The number of guanidine groups is 2. The maximum Gasteiger partial charge on any atom is 0.379 e. The molecule has 0 aliphatic rings. The Balaban J connectivity index is 0.000000269. The second-order valence-electron chi connectivity index (χ2n) is 4.75. The fraction of sp³-hybridized carbons (Fsp3) is 0. The topological polar surface area (TPSA) is 401 Å². The van der Waals surface area contributed by atoms with Gasteiger partial charge in [0.05, 0.1) is 11.6 Å². The highest BCUT2D eigenvalue weighted by atomic mass is 16.6. The third kappa shape index (κ3) is 6.65. The number of ether oxygens (including phenoxy) is 1. The van der Waals surface area contributed by atoms with Crippen molar-refractivity contribution in [1.82, 2.24) is 72.7 Å². The van der Waals surface area contributed by atoms with Gasteiger partial charge < -0.3 is 14.9 Å². The van der Waals surface area contributed by atoms with Crippen molar-refractivity contribution in [3.8, 4) is 34.8 Å². The van der Waals surface area contributed by atoms with Crippen molar-refractivity contribution >= 4 is 11.9 Å². The van der Waals surface area contributed by atoms with Crippen LogP contribution in [0.1, 0.15) is 0 Å². The fourth-order valence-corrected chi connectivity index (χ4v) is 1.42. The predicted octanol–water partition coefficient (Wildman–Crippen LogP) is -10.7. The quantitative estimate of drug-likeness (QED) is 0.0574.